The summed E-state index contributed by atoms with van der Waals surface area (Å²) in [7, 11) is 0. The zero-order chi connectivity index (χ0) is 19.9. The predicted octanol–water partition coefficient (Wildman–Crippen LogP) is 3.63. The highest BCUT2D eigenvalue weighted by molar-refractivity contribution is 5.79. The molecule has 0 radical (unpaired) electrons. The second-order valence-electron chi connectivity index (χ2n) is 7.83. The number of amides is 1. The van der Waals surface area contributed by atoms with Crippen molar-refractivity contribution in [1.82, 2.24) is 10.2 Å². The van der Waals surface area contributed by atoms with Crippen molar-refractivity contribution in [1.29, 1.82) is 0 Å². The fraction of sp³-hybridized carbons (Fsp3) is 0.667. The van der Waals surface area contributed by atoms with Gasteiger partial charge in [0.15, 0.2) is 0 Å². The zero-order valence-corrected chi connectivity index (χ0v) is 16.2. The summed E-state index contributed by atoms with van der Waals surface area (Å²) in [6, 6.07) is 2.24. The summed E-state index contributed by atoms with van der Waals surface area (Å²) < 4.78 is 46.7. The first-order valence-electron chi connectivity index (χ1n) is 10.3. The summed E-state index contributed by atoms with van der Waals surface area (Å²) in [4.78, 5) is 13.2. The van der Waals surface area contributed by atoms with Crippen LogP contribution in [0.5, 0.6) is 5.75 Å². The van der Waals surface area contributed by atoms with Gasteiger partial charge in [0, 0.05) is 17.7 Å². The van der Waals surface area contributed by atoms with Crippen molar-refractivity contribution >= 4 is 5.91 Å². The number of likely N-dealkylation sites (tertiary alicyclic amines) is 1. The molecule has 0 aromatic heterocycles. The molecule has 1 N–H and O–H groups in total. The third kappa shape index (κ3) is 5.87. The van der Waals surface area contributed by atoms with Gasteiger partial charge in [0.05, 0.1) is 26.1 Å². The first-order chi connectivity index (χ1) is 13.5. The molecule has 4 nitrogen and oxygen atoms in total. The fourth-order valence-electron chi connectivity index (χ4n) is 3.80. The number of unbranched alkanes of at least 4 members (excludes halogenated alkanes) is 2. The monoisotopic (exact) mass is 398 g/mol. The highest BCUT2D eigenvalue weighted by Gasteiger charge is 2.31. The highest BCUT2D eigenvalue weighted by atomic mass is 19.1. The van der Waals surface area contributed by atoms with Gasteiger partial charge in [-0.2, -0.15) is 0 Å². The molecule has 1 amide bonds. The van der Waals surface area contributed by atoms with Crippen molar-refractivity contribution in [2.45, 2.75) is 51.1 Å². The number of hydrogen-bond acceptors (Lipinski definition) is 3. The molecule has 7 heteroatoms. The number of carbonyl (C=O) groups is 1. The van der Waals surface area contributed by atoms with Crippen LogP contribution >= 0.6 is 0 Å². The number of nitrogens with one attached hydrogen (secondary N) is 1. The lowest BCUT2D eigenvalue weighted by atomic mass is 9.92. The number of halogens is 3. The largest absolute Gasteiger partial charge is 0.493 e. The second kappa shape index (κ2) is 10.1. The lowest BCUT2D eigenvalue weighted by Gasteiger charge is -2.34. The third-order valence-electron chi connectivity index (χ3n) is 5.62. The molecule has 1 aromatic carbocycles. The molecular weight excluding hydrogens is 369 g/mol. The van der Waals surface area contributed by atoms with E-state index in [1.54, 1.807) is 0 Å². The van der Waals surface area contributed by atoms with Crippen LogP contribution < -0.4 is 10.1 Å². The number of benzene rings is 1. The number of rotatable bonds is 9. The van der Waals surface area contributed by atoms with Crippen LogP contribution in [0.1, 0.15) is 44.1 Å². The van der Waals surface area contributed by atoms with E-state index in [0.29, 0.717) is 6.61 Å². The van der Waals surface area contributed by atoms with E-state index in [-0.39, 0.29) is 24.4 Å². The zero-order valence-electron chi connectivity index (χ0n) is 16.2. The van der Waals surface area contributed by atoms with Crippen molar-refractivity contribution in [3.05, 3.63) is 29.3 Å². The molecule has 2 aliphatic rings. The van der Waals surface area contributed by atoms with Crippen LogP contribution in [0, 0.1) is 17.6 Å². The Kier molecular flexibility index (Phi) is 7.59. The SMILES string of the molecule is O=C(Cc1c(F)cc(OCCCCCC2CCNCC2)cc1F)N1CC(F)C1. The average Bonchev–Trinajstić information content (AvgIpc) is 2.65. The van der Waals surface area contributed by atoms with Crippen molar-refractivity contribution in [2.24, 2.45) is 5.92 Å². The van der Waals surface area contributed by atoms with Crippen molar-refractivity contribution in [2.75, 3.05) is 32.8 Å². The van der Waals surface area contributed by atoms with Gasteiger partial charge >= 0.3 is 0 Å². The van der Waals surface area contributed by atoms with Gasteiger partial charge in [-0.05, 0) is 38.3 Å². The summed E-state index contributed by atoms with van der Waals surface area (Å²) >= 11 is 0. The van der Waals surface area contributed by atoms with Gasteiger partial charge < -0.3 is 15.0 Å². The van der Waals surface area contributed by atoms with Crippen LogP contribution in [0.15, 0.2) is 12.1 Å². The first kappa shape index (κ1) is 21.0. The molecule has 3 rings (SSSR count). The fourth-order valence-corrected chi connectivity index (χ4v) is 3.80. The van der Waals surface area contributed by atoms with E-state index < -0.39 is 30.1 Å². The lowest BCUT2D eigenvalue weighted by Crippen LogP contribution is -2.52. The Morgan fingerprint density at radius 3 is 2.43 bits per heavy atom. The van der Waals surface area contributed by atoms with Gasteiger partial charge in [-0.1, -0.05) is 19.3 Å². The van der Waals surface area contributed by atoms with E-state index in [1.807, 2.05) is 0 Å². The minimum atomic E-state index is -1.03. The molecule has 0 atom stereocenters. The number of hydrogen-bond donors (Lipinski definition) is 1. The first-order valence-corrected chi connectivity index (χ1v) is 10.3. The molecule has 0 saturated carbocycles. The molecule has 0 aliphatic carbocycles. The molecule has 2 aliphatic heterocycles. The van der Waals surface area contributed by atoms with Crippen LogP contribution in [0.4, 0.5) is 13.2 Å². The number of alkyl halides is 1. The predicted molar refractivity (Wildman–Crippen MR) is 101 cm³/mol. The van der Waals surface area contributed by atoms with E-state index in [0.717, 1.165) is 50.4 Å². The Morgan fingerprint density at radius 1 is 1.11 bits per heavy atom. The van der Waals surface area contributed by atoms with Gasteiger partial charge in [0.2, 0.25) is 5.91 Å². The van der Waals surface area contributed by atoms with Gasteiger partial charge in [0.25, 0.3) is 0 Å². The number of ether oxygens (including phenoxy) is 1. The van der Waals surface area contributed by atoms with Crippen LogP contribution in [0.25, 0.3) is 0 Å². The van der Waals surface area contributed by atoms with Gasteiger partial charge in [0.1, 0.15) is 23.6 Å². The van der Waals surface area contributed by atoms with E-state index >= 15 is 0 Å². The average molecular weight is 398 g/mol. The summed E-state index contributed by atoms with van der Waals surface area (Å²) in [5, 5.41) is 3.36. The topological polar surface area (TPSA) is 41.6 Å². The molecule has 156 valence electrons. The molecule has 0 spiro atoms. The Labute approximate surface area is 164 Å². The third-order valence-corrected chi connectivity index (χ3v) is 5.62. The Morgan fingerprint density at radius 2 is 1.79 bits per heavy atom. The van der Waals surface area contributed by atoms with Crippen LogP contribution in [-0.2, 0) is 11.2 Å². The van der Waals surface area contributed by atoms with Gasteiger partial charge in [-0.15, -0.1) is 0 Å². The smallest absolute Gasteiger partial charge is 0.227 e. The van der Waals surface area contributed by atoms with E-state index in [9.17, 15) is 18.0 Å². The maximum Gasteiger partial charge on any atom is 0.227 e. The van der Waals surface area contributed by atoms with Crippen LogP contribution in [0.3, 0.4) is 0 Å². The molecule has 2 heterocycles. The molecule has 0 unspecified atom stereocenters. The summed E-state index contributed by atoms with van der Waals surface area (Å²) in [5.74, 6) is -1.11. The molecule has 28 heavy (non-hydrogen) atoms. The summed E-state index contributed by atoms with van der Waals surface area (Å²) in [5.41, 5.74) is -0.290. The lowest BCUT2D eigenvalue weighted by molar-refractivity contribution is -0.137. The summed E-state index contributed by atoms with van der Waals surface area (Å²) in [6.45, 7) is 2.64. The Hall–Kier alpha value is -1.76. The highest BCUT2D eigenvalue weighted by Crippen LogP contribution is 2.24. The number of piperidine rings is 1. The van der Waals surface area contributed by atoms with Gasteiger partial charge in [-0.3, -0.25) is 4.79 Å². The van der Waals surface area contributed by atoms with Crippen LogP contribution in [-0.4, -0.2) is 49.8 Å². The number of carbonyl (C=O) groups excluding carboxylic acids is 1. The minimum Gasteiger partial charge on any atom is -0.493 e. The van der Waals surface area contributed by atoms with E-state index in [4.69, 9.17) is 4.74 Å². The molecular formula is C21H29F3N2O2. The van der Waals surface area contributed by atoms with E-state index in [2.05, 4.69) is 5.32 Å². The second-order valence-corrected chi connectivity index (χ2v) is 7.83. The van der Waals surface area contributed by atoms with E-state index in [1.165, 1.54) is 24.2 Å². The maximum absolute atomic E-state index is 14.2. The maximum atomic E-state index is 14.2. The molecule has 0 bridgehead atoms. The normalized spacial score (nSPS) is 18.2. The Bertz CT molecular complexity index is 636. The van der Waals surface area contributed by atoms with Crippen molar-refractivity contribution in [3.63, 3.8) is 0 Å². The summed E-state index contributed by atoms with van der Waals surface area (Å²) in [6.07, 6.45) is 5.31. The molecule has 2 saturated heterocycles. The van der Waals surface area contributed by atoms with Crippen molar-refractivity contribution in [3.8, 4) is 5.75 Å². The van der Waals surface area contributed by atoms with Gasteiger partial charge in [-0.25, -0.2) is 13.2 Å². The number of nitrogens with zero attached hydrogens (tertiary/aromatic N) is 1. The standard InChI is InChI=1S/C21H29F3N2O2/c22-16-13-26(14-16)21(27)12-18-19(23)10-17(11-20(18)24)28-9-3-1-2-4-15-5-7-25-8-6-15/h10-11,15-16,25H,1-9,12-14H2. The quantitative estimate of drug-likeness (QED) is 0.646. The Balaban J connectivity index is 1.38. The molecule has 2 fully saturated rings. The van der Waals surface area contributed by atoms with Crippen molar-refractivity contribution < 1.29 is 22.7 Å². The minimum absolute atomic E-state index is 0.000895. The van der Waals surface area contributed by atoms with Crippen LogP contribution in [0.2, 0.25) is 0 Å². The molecule has 1 aromatic rings.